The third-order valence-corrected chi connectivity index (χ3v) is 10.1. The minimum absolute atomic E-state index is 0.00741. The number of aromatic nitrogens is 1. The van der Waals surface area contributed by atoms with Crippen LogP contribution in [0.25, 0.3) is 11.8 Å². The first kappa shape index (κ1) is 34.8. The molecule has 0 bridgehead atoms. The molecular weight excluding hydrogens is 699 g/mol. The lowest BCUT2D eigenvalue weighted by atomic mass is 9.93. The number of carbonyl (C=O) groups excluding carboxylic acids is 1. The number of carbonyl (C=O) groups is 1. The molecule has 15 heteroatoms. The molecule has 1 atom stereocenters. The molecule has 0 amide bonds. The second-order valence-electron chi connectivity index (χ2n) is 10.9. The molecule has 2 heterocycles. The number of methoxy groups -OCH3 is 2. The van der Waals surface area contributed by atoms with Crippen LogP contribution in [0.4, 0.5) is 5.69 Å². The van der Waals surface area contributed by atoms with E-state index >= 15 is 0 Å². The van der Waals surface area contributed by atoms with Gasteiger partial charge in [0.05, 0.1) is 47.6 Å². The maximum Gasteiger partial charge on any atom is 0.339 e. The van der Waals surface area contributed by atoms with E-state index in [2.05, 4.69) is 0 Å². The molecule has 1 aromatic heterocycles. The molecule has 0 N–H and O–H groups in total. The molecule has 260 valence electrons. The van der Waals surface area contributed by atoms with Crippen LogP contribution >= 0.6 is 11.3 Å². The summed E-state index contributed by atoms with van der Waals surface area (Å²) in [6.07, 6.45) is 1.63. The van der Waals surface area contributed by atoms with E-state index in [-0.39, 0.29) is 28.5 Å². The maximum absolute atomic E-state index is 14.2. The highest BCUT2D eigenvalue weighted by Gasteiger charge is 2.35. The monoisotopic (exact) mass is 727 g/mol. The van der Waals surface area contributed by atoms with Crippen molar-refractivity contribution in [3.63, 3.8) is 0 Å². The number of hydrogen-bond donors (Lipinski definition) is 0. The van der Waals surface area contributed by atoms with Gasteiger partial charge in [-0.15, -0.1) is 0 Å². The van der Waals surface area contributed by atoms with Crippen molar-refractivity contribution in [3.8, 4) is 17.2 Å². The first-order valence-electron chi connectivity index (χ1n) is 15.3. The first-order chi connectivity index (χ1) is 24.5. The SMILES string of the molecule is CCOC(=O)C1=C(c2ccccc2)N=c2s/c(=C\c3ccc(OS(=O)(=O)c4ccc([N+](=O)[O-])cc4)cc3)c(=O)n2[C@@H]1c1ccc(OC)c(OC)c1. The van der Waals surface area contributed by atoms with Crippen LogP contribution in [0.2, 0.25) is 0 Å². The van der Waals surface area contributed by atoms with E-state index in [1.54, 1.807) is 43.3 Å². The van der Waals surface area contributed by atoms with E-state index in [0.717, 1.165) is 35.6 Å². The van der Waals surface area contributed by atoms with E-state index in [9.17, 15) is 28.1 Å². The van der Waals surface area contributed by atoms with Gasteiger partial charge in [0.25, 0.3) is 11.2 Å². The number of nitrogens with zero attached hydrogens (tertiary/aromatic N) is 3. The molecule has 1 aliphatic heterocycles. The van der Waals surface area contributed by atoms with Crippen molar-refractivity contribution in [2.45, 2.75) is 17.9 Å². The Balaban J connectivity index is 1.44. The van der Waals surface area contributed by atoms with Crippen molar-refractivity contribution in [2.75, 3.05) is 20.8 Å². The number of esters is 1. The summed E-state index contributed by atoms with van der Waals surface area (Å²) in [6.45, 7) is 1.80. The van der Waals surface area contributed by atoms with Gasteiger partial charge in [0.2, 0.25) is 0 Å². The average molecular weight is 728 g/mol. The van der Waals surface area contributed by atoms with Crippen molar-refractivity contribution in [2.24, 2.45) is 4.99 Å². The summed E-state index contributed by atoms with van der Waals surface area (Å²) >= 11 is 1.12. The Kier molecular flexibility index (Phi) is 9.84. The summed E-state index contributed by atoms with van der Waals surface area (Å²) in [5.74, 6) is 0.225. The van der Waals surface area contributed by atoms with Gasteiger partial charge in [0.1, 0.15) is 10.6 Å². The summed E-state index contributed by atoms with van der Waals surface area (Å²) in [5.41, 5.74) is 1.61. The minimum Gasteiger partial charge on any atom is -0.493 e. The molecule has 0 spiro atoms. The second kappa shape index (κ2) is 14.4. The van der Waals surface area contributed by atoms with Gasteiger partial charge in [-0.1, -0.05) is 59.9 Å². The van der Waals surface area contributed by atoms with E-state index in [1.165, 1.54) is 30.9 Å². The van der Waals surface area contributed by atoms with Gasteiger partial charge >= 0.3 is 16.1 Å². The largest absolute Gasteiger partial charge is 0.493 e. The fraction of sp³-hybridized carbons (Fsp3) is 0.139. The van der Waals surface area contributed by atoms with Crippen molar-refractivity contribution in [1.29, 1.82) is 0 Å². The molecule has 0 radical (unpaired) electrons. The molecular formula is C36H29N3O10S2. The number of non-ortho nitro benzene ring substituents is 1. The predicted molar refractivity (Wildman–Crippen MR) is 188 cm³/mol. The van der Waals surface area contributed by atoms with Crippen LogP contribution < -0.4 is 28.5 Å². The minimum atomic E-state index is -4.28. The normalized spacial score (nSPS) is 14.3. The maximum atomic E-state index is 14.2. The molecule has 0 unspecified atom stereocenters. The zero-order valence-electron chi connectivity index (χ0n) is 27.3. The molecule has 0 fully saturated rings. The second-order valence-corrected chi connectivity index (χ2v) is 13.5. The van der Waals surface area contributed by atoms with Gasteiger partial charge in [-0.25, -0.2) is 9.79 Å². The quantitative estimate of drug-likeness (QED) is 0.0811. The molecule has 0 saturated heterocycles. The van der Waals surface area contributed by atoms with Gasteiger partial charge in [-0.3, -0.25) is 19.5 Å². The number of fused-ring (bicyclic) bond motifs is 1. The van der Waals surface area contributed by atoms with Crippen LogP contribution in [-0.4, -0.2) is 44.7 Å². The smallest absolute Gasteiger partial charge is 0.339 e. The summed E-state index contributed by atoms with van der Waals surface area (Å²) in [7, 11) is -1.28. The highest BCUT2D eigenvalue weighted by Crippen LogP contribution is 2.38. The van der Waals surface area contributed by atoms with Crippen LogP contribution in [0.5, 0.6) is 17.2 Å². The summed E-state index contributed by atoms with van der Waals surface area (Å²) < 4.78 is 49.0. The number of hydrogen-bond acceptors (Lipinski definition) is 12. The number of rotatable bonds is 11. The first-order valence-corrected chi connectivity index (χ1v) is 17.6. The van der Waals surface area contributed by atoms with Crippen molar-refractivity contribution in [3.05, 3.63) is 149 Å². The van der Waals surface area contributed by atoms with E-state index < -0.39 is 32.6 Å². The topological polar surface area (TPSA) is 166 Å². The van der Waals surface area contributed by atoms with Gasteiger partial charge in [0, 0.05) is 17.7 Å². The van der Waals surface area contributed by atoms with Crippen LogP contribution in [0.15, 0.2) is 117 Å². The van der Waals surface area contributed by atoms with Gasteiger partial charge in [-0.05, 0) is 60.5 Å². The molecule has 5 aromatic rings. The zero-order chi connectivity index (χ0) is 36.3. The Morgan fingerprint density at radius 2 is 1.65 bits per heavy atom. The summed E-state index contributed by atoms with van der Waals surface area (Å²) in [5, 5.41) is 10.9. The lowest BCUT2D eigenvalue weighted by Crippen LogP contribution is -2.40. The number of thiazole rings is 1. The third kappa shape index (κ3) is 7.02. The van der Waals surface area contributed by atoms with Crippen LogP contribution in [0.3, 0.4) is 0 Å². The lowest BCUT2D eigenvalue weighted by molar-refractivity contribution is -0.384. The fourth-order valence-electron chi connectivity index (χ4n) is 5.46. The third-order valence-electron chi connectivity index (χ3n) is 7.82. The van der Waals surface area contributed by atoms with Crippen molar-refractivity contribution < 1.29 is 36.5 Å². The van der Waals surface area contributed by atoms with Gasteiger partial charge < -0.3 is 18.4 Å². The molecule has 51 heavy (non-hydrogen) atoms. The number of benzene rings is 4. The highest BCUT2D eigenvalue weighted by molar-refractivity contribution is 7.87. The zero-order valence-corrected chi connectivity index (χ0v) is 29.0. The van der Waals surface area contributed by atoms with E-state index in [1.807, 2.05) is 30.3 Å². The van der Waals surface area contributed by atoms with Crippen LogP contribution in [0.1, 0.15) is 29.7 Å². The standard InChI is InChI=1S/C36H29N3O10S2/c1-4-48-35(41)31-32(23-8-6-5-7-9-23)37-36-38(33(31)24-12-19-28(46-2)29(21-24)47-3)34(40)30(50-36)20-22-10-15-26(16-11-22)49-51(44,45)27-17-13-25(14-18-27)39(42)43/h5-21,33H,4H2,1-3H3/b30-20-/t33-/m1/s1. The Hall–Kier alpha value is -6.06. The molecule has 6 rings (SSSR count). The Bertz CT molecular complexity index is 2460. The number of nitro benzene ring substituents is 1. The van der Waals surface area contributed by atoms with E-state index in [0.29, 0.717) is 43.2 Å². The Morgan fingerprint density at radius 3 is 2.27 bits per heavy atom. The van der Waals surface area contributed by atoms with Crippen LogP contribution in [-0.2, 0) is 19.6 Å². The number of ether oxygens (including phenoxy) is 3. The lowest BCUT2D eigenvalue weighted by Gasteiger charge is -2.26. The van der Waals surface area contributed by atoms with Crippen LogP contribution in [0, 0.1) is 10.1 Å². The van der Waals surface area contributed by atoms with Gasteiger partial charge in [-0.2, -0.15) is 8.42 Å². The number of nitro groups is 1. The van der Waals surface area contributed by atoms with Crippen molar-refractivity contribution in [1.82, 2.24) is 4.57 Å². The molecule has 13 nitrogen and oxygen atoms in total. The molecule has 0 saturated carbocycles. The summed E-state index contributed by atoms with van der Waals surface area (Å²) in [6, 6.07) is 23.7. The van der Waals surface area contributed by atoms with Crippen molar-refractivity contribution >= 4 is 44.9 Å². The highest BCUT2D eigenvalue weighted by atomic mass is 32.2. The van der Waals surface area contributed by atoms with E-state index in [4.69, 9.17) is 23.4 Å². The summed E-state index contributed by atoms with van der Waals surface area (Å²) in [4.78, 5) is 43.2. The Labute approximate surface area is 295 Å². The molecule has 4 aromatic carbocycles. The molecule has 0 aliphatic carbocycles. The average Bonchev–Trinajstić information content (AvgIpc) is 3.45. The fourth-order valence-corrected chi connectivity index (χ4v) is 7.39. The van der Waals surface area contributed by atoms with Gasteiger partial charge in [0.15, 0.2) is 16.3 Å². The Morgan fingerprint density at radius 1 is 0.961 bits per heavy atom. The predicted octanol–water partition coefficient (Wildman–Crippen LogP) is 4.63. The molecule has 1 aliphatic rings.